The van der Waals surface area contributed by atoms with Gasteiger partial charge in [-0.25, -0.2) is 18.1 Å². The number of nitrogens with two attached hydrogens (primary N) is 1. The van der Waals surface area contributed by atoms with Gasteiger partial charge in [0.05, 0.1) is 0 Å². The van der Waals surface area contributed by atoms with Crippen LogP contribution in [0.3, 0.4) is 0 Å². The first-order valence-corrected chi connectivity index (χ1v) is 5.17. The number of nitrogens with zero attached hydrogens (tertiary/aromatic N) is 1. The number of hydrogen-bond donors (Lipinski definition) is 2. The summed E-state index contributed by atoms with van der Waals surface area (Å²) in [4.78, 5) is 3.72. The van der Waals surface area contributed by atoms with Crippen molar-refractivity contribution in [1.29, 1.82) is 0 Å². The zero-order chi connectivity index (χ0) is 9.90. The van der Waals surface area contributed by atoms with Gasteiger partial charge in [0.1, 0.15) is 0 Å². The molecule has 0 radical (unpaired) electrons. The molecule has 1 aromatic heterocycles. The number of rotatable bonds is 3. The molecule has 0 aliphatic carbocycles. The lowest BCUT2D eigenvalue weighted by Crippen LogP contribution is -2.20. The Morgan fingerprint density at radius 3 is 2.85 bits per heavy atom. The molecule has 0 aromatic carbocycles. The van der Waals surface area contributed by atoms with E-state index in [1.807, 2.05) is 0 Å². The second-order valence-corrected chi connectivity index (χ2v) is 4.25. The van der Waals surface area contributed by atoms with Crippen molar-refractivity contribution in [1.82, 2.24) is 9.71 Å². The van der Waals surface area contributed by atoms with Crippen molar-refractivity contribution in [3.8, 4) is 0 Å². The summed E-state index contributed by atoms with van der Waals surface area (Å²) in [6.45, 7) is 0.300. The van der Waals surface area contributed by atoms with Crippen LogP contribution in [0.1, 0.15) is 5.56 Å². The SMILES string of the molecule is CNS(=O)(=O)c1cc(CN)ccn1. The zero-order valence-corrected chi connectivity index (χ0v) is 8.00. The van der Waals surface area contributed by atoms with Crippen LogP contribution in [0.5, 0.6) is 0 Å². The molecule has 0 aliphatic rings. The van der Waals surface area contributed by atoms with Gasteiger partial charge in [0.2, 0.25) is 0 Å². The topological polar surface area (TPSA) is 85.1 Å². The quantitative estimate of drug-likeness (QED) is 0.687. The van der Waals surface area contributed by atoms with Crippen molar-refractivity contribution in [2.75, 3.05) is 7.05 Å². The first-order valence-electron chi connectivity index (χ1n) is 3.68. The van der Waals surface area contributed by atoms with Gasteiger partial charge in [-0.3, -0.25) is 0 Å². The van der Waals surface area contributed by atoms with Gasteiger partial charge >= 0.3 is 0 Å². The van der Waals surface area contributed by atoms with Crippen molar-refractivity contribution in [3.63, 3.8) is 0 Å². The van der Waals surface area contributed by atoms with Crippen molar-refractivity contribution in [3.05, 3.63) is 23.9 Å². The minimum Gasteiger partial charge on any atom is -0.326 e. The van der Waals surface area contributed by atoms with Crippen LogP contribution >= 0.6 is 0 Å². The van der Waals surface area contributed by atoms with E-state index >= 15 is 0 Å². The first kappa shape index (κ1) is 10.1. The fraction of sp³-hybridized carbons (Fsp3) is 0.286. The number of sulfonamides is 1. The Bertz CT molecular complexity index is 388. The Kier molecular flexibility index (Phi) is 2.97. The lowest BCUT2D eigenvalue weighted by atomic mass is 10.3. The lowest BCUT2D eigenvalue weighted by molar-refractivity contribution is 0.584. The van der Waals surface area contributed by atoms with E-state index in [9.17, 15) is 8.42 Å². The molecule has 0 unspecified atom stereocenters. The van der Waals surface area contributed by atoms with Crippen molar-refractivity contribution in [2.45, 2.75) is 11.6 Å². The highest BCUT2D eigenvalue weighted by Crippen LogP contribution is 2.06. The van der Waals surface area contributed by atoms with Crippen LogP contribution in [0, 0.1) is 0 Å². The van der Waals surface area contributed by atoms with Crippen LogP contribution in [0.2, 0.25) is 0 Å². The molecule has 0 amide bonds. The Morgan fingerprint density at radius 1 is 1.62 bits per heavy atom. The van der Waals surface area contributed by atoms with Crippen molar-refractivity contribution in [2.24, 2.45) is 5.73 Å². The molecular weight excluding hydrogens is 190 g/mol. The van der Waals surface area contributed by atoms with Gasteiger partial charge in [-0.1, -0.05) is 0 Å². The Balaban J connectivity index is 3.17. The molecule has 72 valence electrons. The third kappa shape index (κ3) is 2.24. The average molecular weight is 201 g/mol. The minimum atomic E-state index is -3.45. The normalized spacial score (nSPS) is 11.5. The largest absolute Gasteiger partial charge is 0.326 e. The van der Waals surface area contributed by atoms with Gasteiger partial charge in [-0.15, -0.1) is 0 Å². The van der Waals surface area contributed by atoms with E-state index < -0.39 is 10.0 Å². The fourth-order valence-corrected chi connectivity index (χ4v) is 1.54. The maximum Gasteiger partial charge on any atom is 0.257 e. The molecule has 13 heavy (non-hydrogen) atoms. The second kappa shape index (κ2) is 3.82. The van der Waals surface area contributed by atoms with Gasteiger partial charge < -0.3 is 5.73 Å². The summed E-state index contributed by atoms with van der Waals surface area (Å²) in [6.07, 6.45) is 1.42. The number of pyridine rings is 1. The maximum absolute atomic E-state index is 11.3. The van der Waals surface area contributed by atoms with E-state index in [1.165, 1.54) is 19.3 Å². The predicted molar refractivity (Wildman–Crippen MR) is 48.4 cm³/mol. The number of hydrogen-bond acceptors (Lipinski definition) is 4. The highest BCUT2D eigenvalue weighted by Gasteiger charge is 2.12. The Hall–Kier alpha value is -0.980. The Morgan fingerprint density at radius 2 is 2.31 bits per heavy atom. The molecule has 0 fully saturated rings. The summed E-state index contributed by atoms with van der Waals surface area (Å²) in [6, 6.07) is 3.13. The van der Waals surface area contributed by atoms with E-state index in [2.05, 4.69) is 9.71 Å². The number of nitrogens with one attached hydrogen (secondary N) is 1. The summed E-state index contributed by atoms with van der Waals surface area (Å²) in [7, 11) is -2.11. The summed E-state index contributed by atoms with van der Waals surface area (Å²) in [5, 5.41) is -0.00190. The van der Waals surface area contributed by atoms with Crippen LogP contribution in [-0.2, 0) is 16.6 Å². The molecule has 3 N–H and O–H groups in total. The van der Waals surface area contributed by atoms with Crippen molar-refractivity contribution < 1.29 is 8.42 Å². The van der Waals surface area contributed by atoms with Gasteiger partial charge in [-0.05, 0) is 24.7 Å². The van der Waals surface area contributed by atoms with E-state index in [-0.39, 0.29) is 5.03 Å². The molecule has 1 aromatic rings. The summed E-state index contributed by atoms with van der Waals surface area (Å²) >= 11 is 0. The van der Waals surface area contributed by atoms with Crippen LogP contribution < -0.4 is 10.5 Å². The molecule has 0 bridgehead atoms. The van der Waals surface area contributed by atoms with Gasteiger partial charge in [-0.2, -0.15) is 0 Å². The Labute approximate surface area is 77.0 Å². The molecule has 1 rings (SSSR count). The molecule has 1 heterocycles. The third-order valence-corrected chi connectivity index (χ3v) is 2.89. The smallest absolute Gasteiger partial charge is 0.257 e. The molecule has 0 aliphatic heterocycles. The van der Waals surface area contributed by atoms with Crippen LogP contribution in [0.25, 0.3) is 0 Å². The minimum absolute atomic E-state index is 0.00190. The van der Waals surface area contributed by atoms with Crippen LogP contribution in [0.4, 0.5) is 0 Å². The highest BCUT2D eigenvalue weighted by atomic mass is 32.2. The molecule has 0 saturated carbocycles. The van der Waals surface area contributed by atoms with Gasteiger partial charge in [0, 0.05) is 12.7 Å². The lowest BCUT2D eigenvalue weighted by Gasteiger charge is -2.02. The van der Waals surface area contributed by atoms with Crippen molar-refractivity contribution >= 4 is 10.0 Å². The van der Waals surface area contributed by atoms with E-state index in [0.717, 1.165) is 5.56 Å². The summed E-state index contributed by atoms with van der Waals surface area (Å²) in [5.41, 5.74) is 6.10. The zero-order valence-electron chi connectivity index (χ0n) is 7.19. The molecule has 0 atom stereocenters. The standard InChI is InChI=1S/C7H11N3O2S/c1-9-13(11,12)7-4-6(5-8)2-3-10-7/h2-4,9H,5,8H2,1H3. The summed E-state index contributed by atoms with van der Waals surface area (Å²) in [5.74, 6) is 0. The fourth-order valence-electron chi connectivity index (χ4n) is 0.829. The first-order chi connectivity index (χ1) is 6.10. The van der Waals surface area contributed by atoms with Gasteiger partial charge in [0.25, 0.3) is 10.0 Å². The average Bonchev–Trinajstić information content (AvgIpc) is 2.18. The van der Waals surface area contributed by atoms with E-state index in [4.69, 9.17) is 5.73 Å². The third-order valence-electron chi connectivity index (χ3n) is 1.58. The summed E-state index contributed by atoms with van der Waals surface area (Å²) < 4.78 is 24.7. The predicted octanol–water partition coefficient (Wildman–Crippen LogP) is -0.552. The molecular formula is C7H11N3O2S. The van der Waals surface area contributed by atoms with Crippen LogP contribution in [-0.4, -0.2) is 20.4 Å². The van der Waals surface area contributed by atoms with Crippen LogP contribution in [0.15, 0.2) is 23.4 Å². The second-order valence-electron chi connectivity index (χ2n) is 2.41. The maximum atomic E-state index is 11.3. The molecule has 0 saturated heterocycles. The number of aromatic nitrogens is 1. The highest BCUT2D eigenvalue weighted by molar-refractivity contribution is 7.89. The molecule has 6 heteroatoms. The monoisotopic (exact) mass is 201 g/mol. The van der Waals surface area contributed by atoms with E-state index in [0.29, 0.717) is 6.54 Å². The molecule has 5 nitrogen and oxygen atoms in total. The van der Waals surface area contributed by atoms with E-state index in [1.54, 1.807) is 6.07 Å². The van der Waals surface area contributed by atoms with Gasteiger partial charge in [0.15, 0.2) is 5.03 Å². The molecule has 0 spiro atoms.